The van der Waals surface area contributed by atoms with Gasteiger partial charge in [-0.3, -0.25) is 9.59 Å². The van der Waals surface area contributed by atoms with E-state index < -0.39 is 0 Å². The Labute approximate surface area is 180 Å². The third kappa shape index (κ3) is 5.60. The molecule has 0 saturated carbocycles. The molecule has 0 bridgehead atoms. The van der Waals surface area contributed by atoms with Gasteiger partial charge in [0.25, 0.3) is 11.8 Å². The quantitative estimate of drug-likeness (QED) is 0.685. The first-order valence-electron chi connectivity index (χ1n) is 9.86. The lowest BCUT2D eigenvalue weighted by atomic mass is 9.87. The van der Waals surface area contributed by atoms with Gasteiger partial charge < -0.3 is 15.0 Å². The van der Waals surface area contributed by atoms with E-state index in [1.165, 1.54) is 5.56 Å². The molecule has 154 valence electrons. The number of rotatable bonds is 5. The maximum atomic E-state index is 12.5. The fraction of sp³-hybridized carbons (Fsp3) is 0.391. The first-order chi connectivity index (χ1) is 13.7. The fourth-order valence-corrected chi connectivity index (χ4v) is 3.75. The van der Waals surface area contributed by atoms with Crippen LogP contribution in [0.3, 0.4) is 0 Å². The van der Waals surface area contributed by atoms with Crippen LogP contribution < -0.4 is 10.1 Å². The molecule has 29 heavy (non-hydrogen) atoms. The zero-order valence-electron chi connectivity index (χ0n) is 17.1. The lowest BCUT2D eigenvalue weighted by Gasteiger charge is -2.20. The second kappa shape index (κ2) is 8.99. The highest BCUT2D eigenvalue weighted by Gasteiger charge is 2.20. The minimum absolute atomic E-state index is 0.0118. The molecular weight excluding hydrogens is 432 g/mol. The number of hydrogen-bond acceptors (Lipinski definition) is 3. The zero-order valence-corrected chi connectivity index (χ0v) is 18.7. The van der Waals surface area contributed by atoms with Gasteiger partial charge in [-0.1, -0.05) is 32.9 Å². The molecule has 0 unspecified atom stereocenters. The average Bonchev–Trinajstić information content (AvgIpc) is 3.20. The molecule has 1 aliphatic rings. The largest absolute Gasteiger partial charge is 0.483 e. The second-order valence-electron chi connectivity index (χ2n) is 8.31. The normalized spacial score (nSPS) is 14.0. The molecule has 2 aromatic carbocycles. The summed E-state index contributed by atoms with van der Waals surface area (Å²) in [6.45, 7) is 7.91. The molecule has 0 atom stereocenters. The fourth-order valence-electron chi connectivity index (χ4n) is 3.26. The highest BCUT2D eigenvalue weighted by atomic mass is 79.9. The van der Waals surface area contributed by atoms with Crippen LogP contribution in [-0.2, 0) is 10.2 Å². The molecule has 5 nitrogen and oxygen atoms in total. The van der Waals surface area contributed by atoms with Crippen molar-refractivity contribution in [3.05, 3.63) is 58.1 Å². The van der Waals surface area contributed by atoms with Gasteiger partial charge in [-0.25, -0.2) is 0 Å². The minimum Gasteiger partial charge on any atom is -0.483 e. The Morgan fingerprint density at radius 3 is 2.48 bits per heavy atom. The Balaban J connectivity index is 1.58. The molecule has 2 amide bonds. The topological polar surface area (TPSA) is 58.6 Å². The maximum absolute atomic E-state index is 12.5. The van der Waals surface area contributed by atoms with Crippen LogP contribution in [-0.4, -0.2) is 36.4 Å². The Kier molecular flexibility index (Phi) is 6.63. The molecule has 1 N–H and O–H groups in total. The van der Waals surface area contributed by atoms with E-state index in [1.54, 1.807) is 24.3 Å². The van der Waals surface area contributed by atoms with Gasteiger partial charge in [0.2, 0.25) is 0 Å². The van der Waals surface area contributed by atoms with Gasteiger partial charge in [0.1, 0.15) is 5.75 Å². The number of nitrogens with zero attached hydrogens (tertiary/aromatic N) is 1. The van der Waals surface area contributed by atoms with E-state index in [1.807, 2.05) is 23.1 Å². The Morgan fingerprint density at radius 2 is 1.83 bits per heavy atom. The maximum Gasteiger partial charge on any atom is 0.262 e. The predicted molar refractivity (Wildman–Crippen MR) is 119 cm³/mol. The third-order valence-corrected chi connectivity index (χ3v) is 5.56. The number of halogens is 1. The van der Waals surface area contributed by atoms with Crippen LogP contribution in [0.25, 0.3) is 0 Å². The lowest BCUT2D eigenvalue weighted by molar-refractivity contribution is -0.118. The number of carbonyl (C=O) groups is 2. The standard InChI is InChI=1S/C23H27BrN2O3/c1-23(2,3)17-9-10-20(19(24)14-17)29-15-21(27)25-18-8-6-7-16(13-18)22(28)26-11-4-5-12-26/h6-10,13-14H,4-5,11-12,15H2,1-3H3,(H,25,27). The van der Waals surface area contributed by atoms with E-state index in [2.05, 4.69) is 42.0 Å². The van der Waals surface area contributed by atoms with E-state index >= 15 is 0 Å². The molecule has 0 radical (unpaired) electrons. The summed E-state index contributed by atoms with van der Waals surface area (Å²) in [6.07, 6.45) is 2.09. The van der Waals surface area contributed by atoms with Gasteiger partial charge in [0, 0.05) is 24.3 Å². The first kappa shape index (κ1) is 21.4. The molecule has 0 aliphatic carbocycles. The van der Waals surface area contributed by atoms with Gasteiger partial charge in [-0.2, -0.15) is 0 Å². The minimum atomic E-state index is -0.275. The number of likely N-dealkylation sites (tertiary alicyclic amines) is 1. The Morgan fingerprint density at radius 1 is 1.10 bits per heavy atom. The summed E-state index contributed by atoms with van der Waals surface area (Å²) in [5, 5.41) is 2.80. The summed E-state index contributed by atoms with van der Waals surface area (Å²) in [5.41, 5.74) is 2.40. The molecule has 3 rings (SSSR count). The van der Waals surface area contributed by atoms with Crippen LogP contribution in [0, 0.1) is 0 Å². The van der Waals surface area contributed by atoms with Crippen molar-refractivity contribution in [2.45, 2.75) is 39.0 Å². The smallest absolute Gasteiger partial charge is 0.262 e. The summed E-state index contributed by atoms with van der Waals surface area (Å²) < 4.78 is 6.48. The van der Waals surface area contributed by atoms with Crippen molar-refractivity contribution in [1.29, 1.82) is 0 Å². The van der Waals surface area contributed by atoms with E-state index in [4.69, 9.17) is 4.74 Å². The van der Waals surface area contributed by atoms with Crippen LogP contribution in [0.2, 0.25) is 0 Å². The van der Waals surface area contributed by atoms with Crippen molar-refractivity contribution in [2.75, 3.05) is 25.0 Å². The summed E-state index contributed by atoms with van der Waals surface area (Å²) in [6, 6.07) is 12.9. The van der Waals surface area contributed by atoms with E-state index in [9.17, 15) is 9.59 Å². The van der Waals surface area contributed by atoms with E-state index in [0.717, 1.165) is 30.4 Å². The van der Waals surface area contributed by atoms with Crippen molar-refractivity contribution in [3.8, 4) is 5.75 Å². The molecule has 1 saturated heterocycles. The van der Waals surface area contributed by atoms with Gasteiger partial charge >= 0.3 is 0 Å². The average molecular weight is 459 g/mol. The van der Waals surface area contributed by atoms with Gasteiger partial charge in [-0.05, 0) is 70.1 Å². The van der Waals surface area contributed by atoms with Crippen molar-refractivity contribution in [1.82, 2.24) is 4.90 Å². The highest BCUT2D eigenvalue weighted by Crippen LogP contribution is 2.31. The summed E-state index contributed by atoms with van der Waals surface area (Å²) in [4.78, 5) is 26.7. The van der Waals surface area contributed by atoms with Gasteiger partial charge in [0.05, 0.1) is 4.47 Å². The first-order valence-corrected chi connectivity index (χ1v) is 10.7. The van der Waals surface area contributed by atoms with Crippen LogP contribution >= 0.6 is 15.9 Å². The van der Waals surface area contributed by atoms with E-state index in [-0.39, 0.29) is 23.8 Å². The van der Waals surface area contributed by atoms with Gasteiger partial charge in [-0.15, -0.1) is 0 Å². The predicted octanol–water partition coefficient (Wildman–Crippen LogP) is 5.00. The Bertz CT molecular complexity index is 899. The molecule has 1 fully saturated rings. The summed E-state index contributed by atoms with van der Waals surface area (Å²) in [7, 11) is 0. The van der Waals surface area contributed by atoms with Crippen molar-refractivity contribution in [3.63, 3.8) is 0 Å². The van der Waals surface area contributed by atoms with Crippen LogP contribution in [0.5, 0.6) is 5.75 Å². The molecule has 2 aromatic rings. The highest BCUT2D eigenvalue weighted by molar-refractivity contribution is 9.10. The molecule has 1 heterocycles. The monoisotopic (exact) mass is 458 g/mol. The van der Waals surface area contributed by atoms with Crippen LogP contribution in [0.15, 0.2) is 46.9 Å². The molecule has 6 heteroatoms. The second-order valence-corrected chi connectivity index (χ2v) is 9.17. The number of carbonyl (C=O) groups excluding carboxylic acids is 2. The lowest BCUT2D eigenvalue weighted by Crippen LogP contribution is -2.27. The summed E-state index contributed by atoms with van der Waals surface area (Å²) >= 11 is 3.52. The molecule has 0 spiro atoms. The number of hydrogen-bond donors (Lipinski definition) is 1. The molecule has 1 aliphatic heterocycles. The third-order valence-electron chi connectivity index (χ3n) is 4.94. The SMILES string of the molecule is CC(C)(C)c1ccc(OCC(=O)Nc2cccc(C(=O)N3CCCC3)c2)c(Br)c1. The number of amides is 2. The Hall–Kier alpha value is -2.34. The van der Waals surface area contributed by atoms with Gasteiger partial charge in [0.15, 0.2) is 6.61 Å². The van der Waals surface area contributed by atoms with Crippen molar-refractivity contribution >= 4 is 33.4 Å². The van der Waals surface area contributed by atoms with Crippen molar-refractivity contribution < 1.29 is 14.3 Å². The molecular formula is C23H27BrN2O3. The zero-order chi connectivity index (χ0) is 21.0. The number of anilines is 1. The number of nitrogens with one attached hydrogen (secondary N) is 1. The number of benzene rings is 2. The summed E-state index contributed by atoms with van der Waals surface area (Å²) in [5.74, 6) is 0.353. The van der Waals surface area contributed by atoms with Crippen LogP contribution in [0.1, 0.15) is 49.5 Å². The van der Waals surface area contributed by atoms with Crippen LogP contribution in [0.4, 0.5) is 5.69 Å². The molecule has 0 aromatic heterocycles. The van der Waals surface area contributed by atoms with Crippen molar-refractivity contribution in [2.24, 2.45) is 0 Å². The number of ether oxygens (including phenoxy) is 1. The van der Waals surface area contributed by atoms with E-state index in [0.29, 0.717) is 17.0 Å².